The Morgan fingerprint density at radius 1 is 1.03 bits per heavy atom. The summed E-state index contributed by atoms with van der Waals surface area (Å²) in [5, 5.41) is 2.95. The van der Waals surface area contributed by atoms with Gasteiger partial charge in [0.05, 0.1) is 12.9 Å². The van der Waals surface area contributed by atoms with E-state index in [9.17, 15) is 9.59 Å². The van der Waals surface area contributed by atoms with E-state index in [1.807, 2.05) is 56.3 Å². The van der Waals surface area contributed by atoms with E-state index in [-0.39, 0.29) is 11.8 Å². The van der Waals surface area contributed by atoms with E-state index in [0.717, 1.165) is 23.5 Å². The number of rotatable bonds is 12. The number of carbonyl (C=O) groups excluding carboxylic acids is 2. The van der Waals surface area contributed by atoms with E-state index in [4.69, 9.17) is 4.74 Å². The lowest BCUT2D eigenvalue weighted by atomic mass is 10.1. The summed E-state index contributed by atoms with van der Waals surface area (Å²) in [7, 11) is 1.62. The van der Waals surface area contributed by atoms with Crippen molar-refractivity contribution >= 4 is 23.6 Å². The van der Waals surface area contributed by atoms with Crippen LogP contribution in [0.3, 0.4) is 0 Å². The minimum absolute atomic E-state index is 0.0229. The maximum Gasteiger partial charge on any atom is 0.242 e. The molecule has 0 heterocycles. The number of nitrogens with one attached hydrogen (secondary N) is 1. The molecule has 0 radical (unpaired) electrons. The van der Waals surface area contributed by atoms with Gasteiger partial charge in [-0.15, -0.1) is 11.8 Å². The van der Waals surface area contributed by atoms with Crippen molar-refractivity contribution in [1.29, 1.82) is 0 Å². The second kappa shape index (κ2) is 13.0. The molecule has 2 aromatic rings. The van der Waals surface area contributed by atoms with Crippen LogP contribution in [0.25, 0.3) is 0 Å². The van der Waals surface area contributed by atoms with Crippen molar-refractivity contribution in [1.82, 2.24) is 10.2 Å². The Morgan fingerprint density at radius 2 is 1.73 bits per heavy atom. The van der Waals surface area contributed by atoms with Crippen molar-refractivity contribution in [3.05, 3.63) is 65.7 Å². The molecule has 0 aromatic heterocycles. The molecule has 0 aliphatic heterocycles. The second-order valence-electron chi connectivity index (χ2n) is 7.06. The first kappa shape index (κ1) is 23.8. The molecule has 30 heavy (non-hydrogen) atoms. The SMILES string of the molecule is CCCNC(=O)C(CC)N(Cc1ccc(OC)cc1)C(=O)CSCc1ccccc1. The van der Waals surface area contributed by atoms with Gasteiger partial charge in [-0.2, -0.15) is 0 Å². The molecule has 1 unspecified atom stereocenters. The van der Waals surface area contributed by atoms with Crippen LogP contribution in [0.1, 0.15) is 37.8 Å². The van der Waals surface area contributed by atoms with Gasteiger partial charge < -0.3 is 15.0 Å². The molecule has 6 heteroatoms. The second-order valence-corrected chi connectivity index (χ2v) is 8.05. The first-order chi connectivity index (χ1) is 14.6. The lowest BCUT2D eigenvalue weighted by Crippen LogP contribution is -2.49. The number of hydrogen-bond donors (Lipinski definition) is 1. The normalized spacial score (nSPS) is 11.6. The average Bonchev–Trinajstić information content (AvgIpc) is 2.78. The smallest absolute Gasteiger partial charge is 0.242 e. The maximum absolute atomic E-state index is 13.1. The van der Waals surface area contributed by atoms with Gasteiger partial charge in [-0.1, -0.05) is 56.3 Å². The van der Waals surface area contributed by atoms with Crippen LogP contribution in [-0.2, 0) is 21.9 Å². The Morgan fingerprint density at radius 3 is 2.33 bits per heavy atom. The van der Waals surface area contributed by atoms with Crippen molar-refractivity contribution in [2.24, 2.45) is 0 Å². The lowest BCUT2D eigenvalue weighted by Gasteiger charge is -2.30. The molecule has 1 atom stereocenters. The Balaban J connectivity index is 2.10. The van der Waals surface area contributed by atoms with Gasteiger partial charge in [-0.05, 0) is 36.1 Å². The maximum atomic E-state index is 13.1. The number of amides is 2. The fourth-order valence-electron chi connectivity index (χ4n) is 3.13. The number of methoxy groups -OCH3 is 1. The molecule has 0 aliphatic rings. The van der Waals surface area contributed by atoms with Gasteiger partial charge in [0.15, 0.2) is 0 Å². The van der Waals surface area contributed by atoms with Crippen molar-refractivity contribution in [3.63, 3.8) is 0 Å². The van der Waals surface area contributed by atoms with Crippen LogP contribution in [0.2, 0.25) is 0 Å². The van der Waals surface area contributed by atoms with E-state index >= 15 is 0 Å². The monoisotopic (exact) mass is 428 g/mol. The van der Waals surface area contributed by atoms with E-state index in [1.165, 1.54) is 5.56 Å². The summed E-state index contributed by atoms with van der Waals surface area (Å²) in [6.45, 7) is 4.97. The van der Waals surface area contributed by atoms with Gasteiger partial charge in [0, 0.05) is 18.8 Å². The molecule has 162 valence electrons. The molecular formula is C24H32N2O3S. The van der Waals surface area contributed by atoms with Crippen LogP contribution in [0.15, 0.2) is 54.6 Å². The van der Waals surface area contributed by atoms with E-state index < -0.39 is 6.04 Å². The largest absolute Gasteiger partial charge is 0.497 e. The summed E-state index contributed by atoms with van der Waals surface area (Å²) >= 11 is 1.57. The summed E-state index contributed by atoms with van der Waals surface area (Å²) in [4.78, 5) is 27.6. The minimum atomic E-state index is -0.483. The van der Waals surface area contributed by atoms with Crippen molar-refractivity contribution in [2.45, 2.75) is 45.0 Å². The molecule has 2 amide bonds. The van der Waals surface area contributed by atoms with E-state index in [2.05, 4.69) is 17.4 Å². The zero-order chi connectivity index (χ0) is 21.8. The number of carbonyl (C=O) groups is 2. The summed E-state index contributed by atoms with van der Waals surface area (Å²) in [6, 6.07) is 17.2. The zero-order valence-corrected chi connectivity index (χ0v) is 18.9. The number of thioether (sulfide) groups is 1. The van der Waals surface area contributed by atoms with Gasteiger partial charge in [0.25, 0.3) is 0 Å². The van der Waals surface area contributed by atoms with Crippen LogP contribution in [-0.4, -0.2) is 42.2 Å². The highest BCUT2D eigenvalue weighted by atomic mass is 32.2. The predicted octanol–water partition coefficient (Wildman–Crippen LogP) is 4.26. The van der Waals surface area contributed by atoms with Gasteiger partial charge in [0.1, 0.15) is 11.8 Å². The molecule has 2 rings (SSSR count). The summed E-state index contributed by atoms with van der Waals surface area (Å²) in [6.07, 6.45) is 1.43. The molecule has 2 aromatic carbocycles. The number of benzene rings is 2. The Labute approximate surface area is 184 Å². The highest BCUT2D eigenvalue weighted by Crippen LogP contribution is 2.19. The lowest BCUT2D eigenvalue weighted by molar-refractivity contribution is -0.139. The first-order valence-corrected chi connectivity index (χ1v) is 11.6. The number of ether oxygens (including phenoxy) is 1. The van der Waals surface area contributed by atoms with Gasteiger partial charge in [-0.3, -0.25) is 9.59 Å². The predicted molar refractivity (Wildman–Crippen MR) is 124 cm³/mol. The van der Waals surface area contributed by atoms with Crippen molar-refractivity contribution in [3.8, 4) is 5.75 Å². The molecule has 0 aliphatic carbocycles. The third-order valence-corrected chi connectivity index (χ3v) is 5.77. The average molecular weight is 429 g/mol. The molecule has 0 spiro atoms. The van der Waals surface area contributed by atoms with Crippen LogP contribution in [0, 0.1) is 0 Å². The van der Waals surface area contributed by atoms with Gasteiger partial charge in [-0.25, -0.2) is 0 Å². The highest BCUT2D eigenvalue weighted by Gasteiger charge is 2.28. The number of nitrogens with zero attached hydrogens (tertiary/aromatic N) is 1. The minimum Gasteiger partial charge on any atom is -0.497 e. The highest BCUT2D eigenvalue weighted by molar-refractivity contribution is 7.99. The molecule has 1 N–H and O–H groups in total. The summed E-state index contributed by atoms with van der Waals surface area (Å²) in [5.74, 6) is 1.76. The van der Waals surface area contributed by atoms with Gasteiger partial charge in [0.2, 0.25) is 11.8 Å². The topological polar surface area (TPSA) is 58.6 Å². The van der Waals surface area contributed by atoms with Gasteiger partial charge >= 0.3 is 0 Å². The fraction of sp³-hybridized carbons (Fsp3) is 0.417. The number of hydrogen-bond acceptors (Lipinski definition) is 4. The van der Waals surface area contributed by atoms with E-state index in [1.54, 1.807) is 23.8 Å². The fourth-order valence-corrected chi connectivity index (χ4v) is 4.00. The quantitative estimate of drug-likeness (QED) is 0.549. The van der Waals surface area contributed by atoms with Crippen molar-refractivity contribution in [2.75, 3.05) is 19.4 Å². The first-order valence-electron chi connectivity index (χ1n) is 10.4. The Hall–Kier alpha value is -2.47. The van der Waals surface area contributed by atoms with E-state index in [0.29, 0.717) is 25.3 Å². The molecular weight excluding hydrogens is 396 g/mol. The molecule has 0 saturated heterocycles. The Bertz CT molecular complexity index is 781. The third kappa shape index (κ3) is 7.41. The molecule has 0 fully saturated rings. The standard InChI is InChI=1S/C24H32N2O3S/c1-4-15-25-24(28)22(5-2)26(16-19-11-13-21(29-3)14-12-19)23(27)18-30-17-20-9-7-6-8-10-20/h6-14,22H,4-5,15-18H2,1-3H3,(H,25,28). The summed E-state index contributed by atoms with van der Waals surface area (Å²) in [5.41, 5.74) is 2.16. The molecule has 5 nitrogen and oxygen atoms in total. The van der Waals surface area contributed by atoms with Crippen LogP contribution < -0.4 is 10.1 Å². The molecule has 0 saturated carbocycles. The van der Waals surface area contributed by atoms with Crippen molar-refractivity contribution < 1.29 is 14.3 Å². The third-order valence-electron chi connectivity index (χ3n) is 4.78. The van der Waals surface area contributed by atoms with Crippen LogP contribution in [0.5, 0.6) is 5.75 Å². The summed E-state index contributed by atoms with van der Waals surface area (Å²) < 4.78 is 5.22. The molecule has 0 bridgehead atoms. The Kier molecular flexibility index (Phi) is 10.3. The van der Waals surface area contributed by atoms with Crippen LogP contribution in [0.4, 0.5) is 0 Å². The van der Waals surface area contributed by atoms with Crippen LogP contribution >= 0.6 is 11.8 Å². The zero-order valence-electron chi connectivity index (χ0n) is 18.1.